The zero-order chi connectivity index (χ0) is 21.2. The monoisotopic (exact) mass is 421 g/mol. The maximum absolute atomic E-state index is 15.7. The van der Waals surface area contributed by atoms with Gasteiger partial charge < -0.3 is 14.5 Å². The number of anilines is 1. The average molecular weight is 421 g/mol. The van der Waals surface area contributed by atoms with Crippen LogP contribution in [0.1, 0.15) is 36.4 Å². The number of piperidine rings is 1. The third kappa shape index (κ3) is 2.64. The maximum atomic E-state index is 15.7. The van der Waals surface area contributed by atoms with E-state index >= 15 is 4.39 Å². The smallest absolute Gasteiger partial charge is 0.260 e. The SMILES string of the molecule is Cc1cnn2c(N3CCC4(O[C@@H]5CC[C@@H](c6ccccc6)N5C4=O)C(F)C3)ccnc12. The van der Waals surface area contributed by atoms with Crippen LogP contribution in [0.15, 0.2) is 48.8 Å². The van der Waals surface area contributed by atoms with Crippen molar-refractivity contribution < 1.29 is 13.9 Å². The Morgan fingerprint density at radius 3 is 2.84 bits per heavy atom. The largest absolute Gasteiger partial charge is 0.353 e. The number of alkyl halides is 1. The topological polar surface area (TPSA) is 63.0 Å². The molecule has 5 heterocycles. The van der Waals surface area contributed by atoms with E-state index in [1.54, 1.807) is 21.8 Å². The second-order valence-electron chi connectivity index (χ2n) is 8.71. The van der Waals surface area contributed by atoms with Crippen LogP contribution in [0, 0.1) is 6.92 Å². The van der Waals surface area contributed by atoms with E-state index in [-0.39, 0.29) is 24.7 Å². The minimum Gasteiger partial charge on any atom is -0.353 e. The van der Waals surface area contributed by atoms with Gasteiger partial charge in [-0.1, -0.05) is 30.3 Å². The third-order valence-electron chi connectivity index (χ3n) is 6.98. The highest BCUT2D eigenvalue weighted by molar-refractivity contribution is 5.89. The molecule has 6 rings (SSSR count). The number of rotatable bonds is 2. The first-order chi connectivity index (χ1) is 15.1. The van der Waals surface area contributed by atoms with E-state index < -0.39 is 11.8 Å². The summed E-state index contributed by atoms with van der Waals surface area (Å²) in [7, 11) is 0. The lowest BCUT2D eigenvalue weighted by Gasteiger charge is -2.40. The Morgan fingerprint density at radius 1 is 1.19 bits per heavy atom. The van der Waals surface area contributed by atoms with Gasteiger partial charge in [-0.05, 0) is 31.4 Å². The minimum atomic E-state index is -1.42. The molecule has 2 aromatic heterocycles. The molecule has 1 aromatic carbocycles. The van der Waals surface area contributed by atoms with Crippen molar-refractivity contribution >= 4 is 17.4 Å². The van der Waals surface area contributed by atoms with E-state index in [1.165, 1.54) is 0 Å². The Hall–Kier alpha value is -3.00. The molecule has 3 fully saturated rings. The molecule has 3 aliphatic rings. The molecule has 31 heavy (non-hydrogen) atoms. The Balaban J connectivity index is 1.27. The van der Waals surface area contributed by atoms with Crippen molar-refractivity contribution in [3.63, 3.8) is 0 Å². The van der Waals surface area contributed by atoms with Crippen molar-refractivity contribution in [1.29, 1.82) is 0 Å². The Kier molecular flexibility index (Phi) is 4.08. The number of aromatic nitrogens is 3. The zero-order valence-electron chi connectivity index (χ0n) is 17.3. The number of nitrogens with zero attached hydrogens (tertiary/aromatic N) is 5. The molecule has 3 saturated heterocycles. The summed E-state index contributed by atoms with van der Waals surface area (Å²) >= 11 is 0. The molecule has 4 atom stereocenters. The maximum Gasteiger partial charge on any atom is 0.260 e. The van der Waals surface area contributed by atoms with Gasteiger partial charge in [0.05, 0.1) is 18.8 Å². The normalized spacial score (nSPS) is 30.5. The first kappa shape index (κ1) is 18.7. The summed E-state index contributed by atoms with van der Waals surface area (Å²) in [6, 6.07) is 11.8. The second kappa shape index (κ2) is 6.75. The van der Waals surface area contributed by atoms with Crippen molar-refractivity contribution in [2.24, 2.45) is 0 Å². The van der Waals surface area contributed by atoms with Crippen LogP contribution >= 0.6 is 0 Å². The molecule has 8 heteroatoms. The first-order valence-electron chi connectivity index (χ1n) is 10.8. The van der Waals surface area contributed by atoms with Gasteiger partial charge in [0.25, 0.3) is 5.91 Å². The summed E-state index contributed by atoms with van der Waals surface area (Å²) in [5, 5.41) is 4.40. The minimum absolute atomic E-state index is 0.0461. The first-order valence-corrected chi connectivity index (χ1v) is 10.8. The predicted octanol–water partition coefficient (Wildman–Crippen LogP) is 3.04. The fourth-order valence-electron chi connectivity index (χ4n) is 5.39. The molecule has 1 amide bonds. The van der Waals surface area contributed by atoms with Gasteiger partial charge in [-0.3, -0.25) is 4.79 Å². The molecule has 0 aliphatic carbocycles. The number of aryl methyl sites for hydroxylation is 1. The zero-order valence-corrected chi connectivity index (χ0v) is 17.3. The van der Waals surface area contributed by atoms with Gasteiger partial charge in [-0.25, -0.2) is 9.37 Å². The number of carbonyl (C=O) groups is 1. The van der Waals surface area contributed by atoms with Crippen molar-refractivity contribution in [2.75, 3.05) is 18.0 Å². The van der Waals surface area contributed by atoms with Crippen LogP contribution in [0.4, 0.5) is 10.2 Å². The highest BCUT2D eigenvalue weighted by Gasteiger charge is 2.62. The highest BCUT2D eigenvalue weighted by Crippen LogP contribution is 2.48. The van der Waals surface area contributed by atoms with Crippen LogP contribution < -0.4 is 4.90 Å². The predicted molar refractivity (Wildman–Crippen MR) is 112 cm³/mol. The van der Waals surface area contributed by atoms with Crippen LogP contribution in [0.5, 0.6) is 0 Å². The molecular weight excluding hydrogens is 397 g/mol. The molecule has 2 unspecified atom stereocenters. The molecule has 1 spiro atoms. The molecule has 3 aliphatic heterocycles. The van der Waals surface area contributed by atoms with Crippen molar-refractivity contribution in [3.8, 4) is 0 Å². The summed E-state index contributed by atoms with van der Waals surface area (Å²) in [6.07, 6.45) is 3.60. The molecule has 0 saturated carbocycles. The summed E-state index contributed by atoms with van der Waals surface area (Å²) in [5.41, 5.74) is 1.42. The van der Waals surface area contributed by atoms with Crippen LogP contribution in [-0.4, -0.2) is 56.5 Å². The highest BCUT2D eigenvalue weighted by atomic mass is 19.1. The molecule has 3 aromatic rings. The van der Waals surface area contributed by atoms with Gasteiger partial charge >= 0.3 is 0 Å². The fourth-order valence-corrected chi connectivity index (χ4v) is 5.39. The number of hydrogen-bond acceptors (Lipinski definition) is 5. The number of ether oxygens (including phenoxy) is 1. The number of benzene rings is 1. The number of amides is 1. The van der Waals surface area contributed by atoms with E-state index in [0.29, 0.717) is 13.0 Å². The molecule has 0 bridgehead atoms. The van der Waals surface area contributed by atoms with E-state index in [9.17, 15) is 4.79 Å². The number of fused-ring (bicyclic) bond motifs is 2. The molecule has 160 valence electrons. The lowest BCUT2D eigenvalue weighted by atomic mass is 9.88. The van der Waals surface area contributed by atoms with E-state index in [2.05, 4.69) is 10.1 Å². The lowest BCUT2D eigenvalue weighted by Crippen LogP contribution is -2.59. The summed E-state index contributed by atoms with van der Waals surface area (Å²) in [5.74, 6) is 0.578. The fraction of sp³-hybridized carbons (Fsp3) is 0.435. The molecule has 0 radical (unpaired) electrons. The van der Waals surface area contributed by atoms with Gasteiger partial charge in [0.2, 0.25) is 0 Å². The van der Waals surface area contributed by atoms with Gasteiger partial charge in [0, 0.05) is 24.7 Å². The van der Waals surface area contributed by atoms with Crippen LogP contribution in [0.3, 0.4) is 0 Å². The Morgan fingerprint density at radius 2 is 2.03 bits per heavy atom. The van der Waals surface area contributed by atoms with Gasteiger partial charge in [0.15, 0.2) is 17.4 Å². The van der Waals surface area contributed by atoms with E-state index in [0.717, 1.165) is 35.4 Å². The Bertz CT molecular complexity index is 1150. The third-order valence-corrected chi connectivity index (χ3v) is 6.98. The van der Waals surface area contributed by atoms with E-state index in [4.69, 9.17) is 4.74 Å². The molecular formula is C23H24FN5O2. The lowest BCUT2D eigenvalue weighted by molar-refractivity contribution is -0.148. The van der Waals surface area contributed by atoms with Gasteiger partial charge in [0.1, 0.15) is 12.0 Å². The molecule has 0 N–H and O–H groups in total. The average Bonchev–Trinajstić information content (AvgIpc) is 3.45. The van der Waals surface area contributed by atoms with Crippen molar-refractivity contribution in [3.05, 3.63) is 59.9 Å². The van der Waals surface area contributed by atoms with Gasteiger partial charge in [-0.15, -0.1) is 0 Å². The molecule has 7 nitrogen and oxygen atoms in total. The van der Waals surface area contributed by atoms with Crippen molar-refractivity contribution in [2.45, 2.75) is 50.2 Å². The summed E-state index contributed by atoms with van der Waals surface area (Å²) in [6.45, 7) is 2.55. The summed E-state index contributed by atoms with van der Waals surface area (Å²) in [4.78, 5) is 21.6. The standard InChI is InChI=1S/C23H24FN5O2/c1-15-13-26-29-19(9-11-25-21(15)29)27-12-10-23(18(24)14-27)22(30)28-17(7-8-20(28)31-23)16-5-3-2-4-6-16/h2-6,9,11,13,17-18,20H,7-8,10,12,14H2,1H3/t17-,18?,20+,23?/m0/s1. The summed E-state index contributed by atoms with van der Waals surface area (Å²) < 4.78 is 23.7. The van der Waals surface area contributed by atoms with Crippen molar-refractivity contribution in [1.82, 2.24) is 19.5 Å². The second-order valence-corrected chi connectivity index (χ2v) is 8.71. The quantitative estimate of drug-likeness (QED) is 0.637. The van der Waals surface area contributed by atoms with E-state index in [1.807, 2.05) is 48.2 Å². The van der Waals surface area contributed by atoms with Gasteiger partial charge in [-0.2, -0.15) is 9.61 Å². The number of hydrogen-bond donors (Lipinski definition) is 0. The number of halogens is 1. The van der Waals surface area contributed by atoms with Crippen LogP contribution in [0.25, 0.3) is 5.65 Å². The number of carbonyl (C=O) groups excluding carboxylic acids is 1. The Labute approximate surface area is 179 Å². The van der Waals surface area contributed by atoms with Crippen LogP contribution in [0.2, 0.25) is 0 Å². The van der Waals surface area contributed by atoms with Crippen LogP contribution in [-0.2, 0) is 9.53 Å².